The van der Waals surface area contributed by atoms with E-state index in [9.17, 15) is 4.39 Å². The molecule has 0 atom stereocenters. The molecule has 2 aromatic heterocycles. The molecule has 9 heteroatoms. The number of halogens is 2. The van der Waals surface area contributed by atoms with E-state index in [0.717, 1.165) is 14.8 Å². The maximum atomic E-state index is 14.0. The van der Waals surface area contributed by atoms with Crippen LogP contribution in [-0.2, 0) is 6.67 Å². The van der Waals surface area contributed by atoms with Gasteiger partial charge in [0.05, 0.1) is 28.6 Å². The summed E-state index contributed by atoms with van der Waals surface area (Å²) in [5.41, 5.74) is 10.2. The zero-order valence-electron chi connectivity index (χ0n) is 13.7. The smallest absolute Gasteiger partial charge is 0.313 e. The van der Waals surface area contributed by atoms with Crippen molar-refractivity contribution in [1.29, 1.82) is 0 Å². The molecule has 0 radical (unpaired) electrons. The number of imidazole rings is 1. The first kappa shape index (κ1) is 16.8. The molecule has 26 heavy (non-hydrogen) atoms. The molecule has 0 unspecified atom stereocenters. The summed E-state index contributed by atoms with van der Waals surface area (Å²) in [6.07, 6.45) is 1.52. The molecule has 0 fully saturated rings. The topological polar surface area (TPSA) is 106 Å². The lowest BCUT2D eigenvalue weighted by atomic mass is 10.0. The molecule has 0 aliphatic carbocycles. The van der Waals surface area contributed by atoms with Crippen LogP contribution in [0.4, 0.5) is 21.8 Å². The van der Waals surface area contributed by atoms with E-state index in [4.69, 9.17) is 10.2 Å². The van der Waals surface area contributed by atoms with E-state index in [1.807, 2.05) is 25.1 Å². The fourth-order valence-electron chi connectivity index (χ4n) is 2.84. The molecule has 4 rings (SSSR count). The van der Waals surface area contributed by atoms with Gasteiger partial charge in [0.15, 0.2) is 0 Å². The molecule has 2 aromatic carbocycles. The lowest BCUT2D eigenvalue weighted by molar-refractivity contribution is 0.488. The molecule has 132 valence electrons. The normalized spacial score (nSPS) is 11.2. The van der Waals surface area contributed by atoms with Gasteiger partial charge in [0, 0.05) is 14.8 Å². The third-order valence-corrected chi connectivity index (χ3v) is 4.74. The number of aromatic nitrogens is 4. The van der Waals surface area contributed by atoms with Crippen LogP contribution in [0, 0.1) is 10.5 Å². The summed E-state index contributed by atoms with van der Waals surface area (Å²) in [5.74, 6) is 0.208. The maximum absolute atomic E-state index is 14.0. The number of hydrogen-bond donors (Lipinski definition) is 3. The first-order chi connectivity index (χ1) is 12.6. The number of anilines is 3. The van der Waals surface area contributed by atoms with Crippen molar-refractivity contribution in [2.45, 2.75) is 13.6 Å². The van der Waals surface area contributed by atoms with Crippen molar-refractivity contribution in [3.05, 3.63) is 45.3 Å². The SMILES string of the molecule is Cc1cc(I)ccc1Nc1c(-c2nnc(N)o2)cc2[nH]cnc2c1CF. The number of benzene rings is 2. The van der Waals surface area contributed by atoms with Crippen molar-refractivity contribution in [1.82, 2.24) is 20.2 Å². The number of aryl methyl sites for hydroxylation is 1. The van der Waals surface area contributed by atoms with E-state index in [1.165, 1.54) is 6.33 Å². The summed E-state index contributed by atoms with van der Waals surface area (Å²) < 4.78 is 20.5. The van der Waals surface area contributed by atoms with Crippen LogP contribution >= 0.6 is 22.6 Å². The Balaban J connectivity index is 1.95. The standard InChI is InChI=1S/C17H14FIN6O/c1-8-4-9(19)2-3-12(8)23-14-10(16-24-25-17(20)26-16)5-13-15(11(14)6-18)22-7-21-13/h2-5,7,23H,6H2,1H3,(H2,20,25)(H,21,22). The first-order valence-electron chi connectivity index (χ1n) is 7.74. The van der Waals surface area contributed by atoms with Gasteiger partial charge in [-0.1, -0.05) is 5.10 Å². The summed E-state index contributed by atoms with van der Waals surface area (Å²) in [6.45, 7) is 1.28. The number of aromatic amines is 1. The Morgan fingerprint density at radius 2 is 2.15 bits per heavy atom. The van der Waals surface area contributed by atoms with Gasteiger partial charge in [-0.25, -0.2) is 9.37 Å². The second-order valence-corrected chi connectivity index (χ2v) is 6.99. The molecule has 0 aliphatic rings. The fraction of sp³-hybridized carbons (Fsp3) is 0.118. The van der Waals surface area contributed by atoms with Crippen LogP contribution in [0.15, 0.2) is 35.0 Å². The van der Waals surface area contributed by atoms with Crippen LogP contribution in [-0.4, -0.2) is 20.2 Å². The van der Waals surface area contributed by atoms with Crippen molar-refractivity contribution in [3.8, 4) is 11.5 Å². The number of hydrogen-bond acceptors (Lipinski definition) is 6. The van der Waals surface area contributed by atoms with Crippen molar-refractivity contribution in [2.75, 3.05) is 11.1 Å². The quantitative estimate of drug-likeness (QED) is 0.389. The molecule has 0 bridgehead atoms. The van der Waals surface area contributed by atoms with E-state index >= 15 is 0 Å². The second kappa shape index (κ2) is 6.56. The predicted molar refractivity (Wildman–Crippen MR) is 106 cm³/mol. The molecule has 0 saturated heterocycles. The van der Waals surface area contributed by atoms with E-state index in [-0.39, 0.29) is 11.9 Å². The van der Waals surface area contributed by atoms with E-state index in [1.54, 1.807) is 6.07 Å². The Kier molecular flexibility index (Phi) is 4.23. The lowest BCUT2D eigenvalue weighted by Gasteiger charge is -2.16. The molecule has 0 amide bonds. The van der Waals surface area contributed by atoms with E-state index in [2.05, 4.69) is 48.1 Å². The number of alkyl halides is 1. The molecule has 4 aromatic rings. The van der Waals surface area contributed by atoms with Gasteiger partial charge in [-0.05, 0) is 59.3 Å². The molecule has 7 nitrogen and oxygen atoms in total. The van der Waals surface area contributed by atoms with Gasteiger partial charge in [-0.3, -0.25) is 0 Å². The maximum Gasteiger partial charge on any atom is 0.313 e. The first-order valence-corrected chi connectivity index (χ1v) is 8.82. The van der Waals surface area contributed by atoms with Gasteiger partial charge >= 0.3 is 6.01 Å². The third kappa shape index (κ3) is 2.87. The number of H-pyrrole nitrogens is 1. The molecule has 2 heterocycles. The Morgan fingerprint density at radius 3 is 2.85 bits per heavy atom. The average molecular weight is 464 g/mol. The monoisotopic (exact) mass is 464 g/mol. The van der Waals surface area contributed by atoms with Crippen LogP contribution in [0.1, 0.15) is 11.1 Å². The van der Waals surface area contributed by atoms with Gasteiger partial charge in [0.1, 0.15) is 6.67 Å². The number of nitrogens with two attached hydrogens (primary N) is 1. The highest BCUT2D eigenvalue weighted by molar-refractivity contribution is 14.1. The summed E-state index contributed by atoms with van der Waals surface area (Å²) in [7, 11) is 0. The van der Waals surface area contributed by atoms with Crippen LogP contribution in [0.25, 0.3) is 22.5 Å². The summed E-state index contributed by atoms with van der Waals surface area (Å²) in [6, 6.07) is 7.69. The number of fused-ring (bicyclic) bond motifs is 1. The lowest BCUT2D eigenvalue weighted by Crippen LogP contribution is -2.01. The van der Waals surface area contributed by atoms with E-state index < -0.39 is 6.67 Å². The van der Waals surface area contributed by atoms with Crippen LogP contribution in [0.2, 0.25) is 0 Å². The third-order valence-electron chi connectivity index (χ3n) is 4.07. The molecule has 0 saturated carbocycles. The van der Waals surface area contributed by atoms with Crippen molar-refractivity contribution in [3.63, 3.8) is 0 Å². The Labute approximate surface area is 161 Å². The highest BCUT2D eigenvalue weighted by Crippen LogP contribution is 2.38. The Bertz CT molecular complexity index is 1110. The zero-order valence-corrected chi connectivity index (χ0v) is 15.8. The van der Waals surface area contributed by atoms with Crippen LogP contribution in [0.3, 0.4) is 0 Å². The summed E-state index contributed by atoms with van der Waals surface area (Å²) in [4.78, 5) is 7.23. The van der Waals surface area contributed by atoms with Crippen molar-refractivity contribution in [2.24, 2.45) is 0 Å². The number of rotatable bonds is 4. The Hall–Kier alpha value is -2.69. The predicted octanol–water partition coefficient (Wildman–Crippen LogP) is 4.32. The second-order valence-electron chi connectivity index (χ2n) is 5.74. The fourth-order valence-corrected chi connectivity index (χ4v) is 3.49. The van der Waals surface area contributed by atoms with Crippen molar-refractivity contribution >= 4 is 51.0 Å². The van der Waals surface area contributed by atoms with Crippen molar-refractivity contribution < 1.29 is 8.81 Å². The zero-order chi connectivity index (χ0) is 18.3. The minimum absolute atomic E-state index is 0.0529. The average Bonchev–Trinajstić information content (AvgIpc) is 3.25. The largest absolute Gasteiger partial charge is 0.403 e. The minimum atomic E-state index is -0.704. The van der Waals surface area contributed by atoms with Gasteiger partial charge in [-0.2, -0.15) is 0 Å². The van der Waals surface area contributed by atoms with Gasteiger partial charge in [-0.15, -0.1) is 5.10 Å². The number of nitrogens with one attached hydrogen (secondary N) is 2. The number of nitrogen functional groups attached to an aromatic ring is 1. The molecule has 0 spiro atoms. The van der Waals surface area contributed by atoms with Gasteiger partial charge in [0.25, 0.3) is 5.89 Å². The molecular formula is C17H14FIN6O. The molecule has 0 aliphatic heterocycles. The molecular weight excluding hydrogens is 450 g/mol. The highest BCUT2D eigenvalue weighted by atomic mass is 127. The number of nitrogens with zero attached hydrogens (tertiary/aromatic N) is 3. The summed E-state index contributed by atoms with van der Waals surface area (Å²) in [5, 5.41) is 11.0. The van der Waals surface area contributed by atoms with E-state index in [0.29, 0.717) is 27.8 Å². The van der Waals surface area contributed by atoms with Crippen LogP contribution < -0.4 is 11.1 Å². The van der Waals surface area contributed by atoms with Gasteiger partial charge in [0.2, 0.25) is 0 Å². The highest BCUT2D eigenvalue weighted by Gasteiger charge is 2.21. The minimum Gasteiger partial charge on any atom is -0.403 e. The Morgan fingerprint density at radius 1 is 1.31 bits per heavy atom. The van der Waals surface area contributed by atoms with Gasteiger partial charge < -0.3 is 20.5 Å². The summed E-state index contributed by atoms with van der Waals surface area (Å²) >= 11 is 2.25. The van der Waals surface area contributed by atoms with Crippen LogP contribution in [0.5, 0.6) is 0 Å². The molecule has 4 N–H and O–H groups in total.